The van der Waals surface area contributed by atoms with Gasteiger partial charge in [-0.25, -0.2) is 0 Å². The van der Waals surface area contributed by atoms with Gasteiger partial charge in [-0.15, -0.1) is 13.2 Å². The summed E-state index contributed by atoms with van der Waals surface area (Å²) in [6.45, 7) is 6.00. The van der Waals surface area contributed by atoms with Crippen molar-refractivity contribution in [2.75, 3.05) is 0 Å². The highest BCUT2D eigenvalue weighted by Crippen LogP contribution is 0.862. The first kappa shape index (κ1) is 157. The molecule has 0 atom stereocenters. The Labute approximate surface area is 32.2 Å². The molecule has 3 heteroatoms. The van der Waals surface area contributed by atoms with Crippen molar-refractivity contribution in [2.45, 2.75) is 0 Å². The van der Waals surface area contributed by atoms with E-state index in [0.717, 1.165) is 0 Å². The quantitative estimate of drug-likeness (QED) is 0.409. The van der Waals surface area contributed by atoms with Gasteiger partial charge in [0, 0.05) is 0 Å². The van der Waals surface area contributed by atoms with Crippen molar-refractivity contribution in [1.82, 2.24) is 12.3 Å². The molecule has 0 radical (unpaired) electrons. The van der Waals surface area contributed by atoms with Gasteiger partial charge in [-0.3, -0.25) is 0 Å². The molecule has 0 aliphatic rings. The number of hydrogen-bond acceptors (Lipinski definition) is 2. The first-order chi connectivity index (χ1) is 1.00. The Morgan fingerprint density at radius 3 is 0.800 bits per heavy atom. The lowest BCUT2D eigenvalue weighted by atomic mass is 11.3. The predicted molar refractivity (Wildman–Crippen MR) is 24.9 cm³/mol. The van der Waals surface area contributed by atoms with Crippen molar-refractivity contribution in [3.63, 3.8) is 0 Å². The maximum Gasteiger partial charge on any atom is -0.106 e. The molecule has 0 spiro atoms. The van der Waals surface area contributed by atoms with Crippen LogP contribution in [0.3, 0.4) is 0 Å². The smallest absolute Gasteiger partial charge is 0.106 e. The second kappa shape index (κ2) is 172. The second-order valence-corrected chi connectivity index (χ2v) is 0. The topological polar surface area (TPSA) is 102 Å². The van der Waals surface area contributed by atoms with Crippen molar-refractivity contribution in [3.8, 4) is 0 Å². The van der Waals surface area contributed by atoms with Crippen molar-refractivity contribution in [2.24, 2.45) is 0 Å². The van der Waals surface area contributed by atoms with Crippen LogP contribution < -0.4 is 12.3 Å². The molecule has 0 fully saturated rings. The van der Waals surface area contributed by atoms with Gasteiger partial charge >= 0.3 is 0 Å². The van der Waals surface area contributed by atoms with Crippen LogP contribution in [0.25, 0.3) is 0 Å². The van der Waals surface area contributed by atoms with E-state index < -0.39 is 0 Å². The largest absolute Gasteiger partial charge is 0.412 e. The van der Waals surface area contributed by atoms with Crippen LogP contribution in [0, 0.1) is 0 Å². The molecule has 5 heavy (non-hydrogen) atoms. The van der Waals surface area contributed by atoms with Crippen LogP contribution in [0.2, 0.25) is 0 Å². The van der Waals surface area contributed by atoms with Crippen LogP contribution in [-0.4, -0.2) is 5.48 Å². The van der Waals surface area contributed by atoms with Gasteiger partial charge in [0.15, 0.2) is 0 Å². The Bertz CT molecular complexity index is 7.61. The fourth-order valence-corrected chi connectivity index (χ4v) is 0. The third-order valence-corrected chi connectivity index (χ3v) is 0. The fourth-order valence-electron chi connectivity index (χ4n) is 0. The predicted octanol–water partition coefficient (Wildman–Crippen LogP) is 0.301. The van der Waals surface area contributed by atoms with Crippen molar-refractivity contribution < 1.29 is 5.48 Å². The SMILES string of the molecule is C=C.N.N.O. The molecule has 0 rings (SSSR count). The lowest BCUT2D eigenvalue weighted by molar-refractivity contribution is 0.824. The summed E-state index contributed by atoms with van der Waals surface area (Å²) < 4.78 is 0. The van der Waals surface area contributed by atoms with Crippen molar-refractivity contribution >= 4 is 0 Å². The maximum absolute atomic E-state index is 3.00. The Kier molecular flexibility index (Phi) is 5420. The van der Waals surface area contributed by atoms with Gasteiger partial charge in [0.25, 0.3) is 0 Å². The summed E-state index contributed by atoms with van der Waals surface area (Å²) in [7, 11) is 0. The highest BCUT2D eigenvalue weighted by Gasteiger charge is 0.601. The lowest BCUT2D eigenvalue weighted by Crippen LogP contribution is -0.552. The van der Waals surface area contributed by atoms with Gasteiger partial charge in [-0.05, 0) is 0 Å². The van der Waals surface area contributed by atoms with Crippen LogP contribution >= 0.6 is 0 Å². The van der Waals surface area contributed by atoms with E-state index >= 15 is 0 Å². The van der Waals surface area contributed by atoms with Crippen LogP contribution in [0.5, 0.6) is 0 Å². The summed E-state index contributed by atoms with van der Waals surface area (Å²) >= 11 is 0. The fraction of sp³-hybridized carbons (Fsp3) is 0. The van der Waals surface area contributed by atoms with Crippen LogP contribution in [0.4, 0.5) is 0 Å². The van der Waals surface area contributed by atoms with E-state index in [-0.39, 0.29) is 17.8 Å². The van der Waals surface area contributed by atoms with Gasteiger partial charge in [-0.1, -0.05) is 0 Å². The minimum atomic E-state index is 0. The molecule has 0 saturated heterocycles. The highest BCUT2D eigenvalue weighted by molar-refractivity contribution is 4.22. The first-order valence-electron chi connectivity index (χ1n) is 0.500. The maximum atomic E-state index is 3.00. The molecule has 0 saturated carbocycles. The molecule has 0 bridgehead atoms. The minimum Gasteiger partial charge on any atom is -0.412 e. The highest BCUT2D eigenvalue weighted by atomic mass is 16.0. The third-order valence-electron chi connectivity index (χ3n) is 0. The average Bonchev–Trinajstić information content (AvgIpc) is 1.00. The molecule has 0 unspecified atom stereocenters. The monoisotopic (exact) mass is 80.1 g/mol. The molecule has 0 aliphatic heterocycles. The van der Waals surface area contributed by atoms with Crippen molar-refractivity contribution in [1.29, 1.82) is 0 Å². The Hall–Kier alpha value is -0.380. The van der Waals surface area contributed by atoms with Gasteiger partial charge < -0.3 is 17.8 Å². The minimum absolute atomic E-state index is 0. The molecule has 8 N–H and O–H groups in total. The molecule has 0 aliphatic carbocycles. The molecule has 0 aromatic carbocycles. The van der Waals surface area contributed by atoms with Crippen molar-refractivity contribution in [3.05, 3.63) is 13.2 Å². The van der Waals surface area contributed by atoms with E-state index in [1.807, 2.05) is 0 Å². The van der Waals surface area contributed by atoms with Gasteiger partial charge in [0.1, 0.15) is 0 Å². The molecule has 0 aromatic heterocycles. The lowest BCUT2D eigenvalue weighted by Gasteiger charge is -0.813. The van der Waals surface area contributed by atoms with E-state index in [1.165, 1.54) is 0 Å². The molecule has 0 heterocycles. The van der Waals surface area contributed by atoms with Gasteiger partial charge in [0.05, 0.1) is 0 Å². The summed E-state index contributed by atoms with van der Waals surface area (Å²) in [6, 6.07) is 0. The summed E-state index contributed by atoms with van der Waals surface area (Å²) in [5.41, 5.74) is 0. The molecular formula is C2H12N2O. The molecule has 3 nitrogen and oxygen atoms in total. The zero-order valence-corrected chi connectivity index (χ0v) is 3.33. The van der Waals surface area contributed by atoms with E-state index in [9.17, 15) is 0 Å². The van der Waals surface area contributed by atoms with Crippen LogP contribution in [0.1, 0.15) is 0 Å². The van der Waals surface area contributed by atoms with E-state index in [1.54, 1.807) is 0 Å². The Balaban J connectivity index is -0.00000000167. The first-order valence-corrected chi connectivity index (χ1v) is 0.500. The number of rotatable bonds is 0. The normalized spacial score (nSPS) is 0.800. The van der Waals surface area contributed by atoms with Gasteiger partial charge in [0.2, 0.25) is 0 Å². The standard InChI is InChI=1S/C2H4.2H3N.H2O/c1-2;;;/h1-2H2;2*1H3;1H2. The van der Waals surface area contributed by atoms with E-state index in [4.69, 9.17) is 0 Å². The summed E-state index contributed by atoms with van der Waals surface area (Å²) in [5.74, 6) is 0. The van der Waals surface area contributed by atoms with Crippen LogP contribution in [-0.2, 0) is 0 Å². The van der Waals surface area contributed by atoms with E-state index in [0.29, 0.717) is 0 Å². The Morgan fingerprint density at radius 1 is 0.800 bits per heavy atom. The summed E-state index contributed by atoms with van der Waals surface area (Å²) in [6.07, 6.45) is 0. The third kappa shape index (κ3) is 65.8. The van der Waals surface area contributed by atoms with Crippen LogP contribution in [0.15, 0.2) is 13.2 Å². The average molecular weight is 80.1 g/mol. The van der Waals surface area contributed by atoms with E-state index in [2.05, 4.69) is 13.2 Å². The summed E-state index contributed by atoms with van der Waals surface area (Å²) in [5, 5.41) is 0. The second-order valence-electron chi connectivity index (χ2n) is 0. The molecule has 0 aromatic rings. The Morgan fingerprint density at radius 2 is 0.800 bits per heavy atom. The molecular weight excluding hydrogens is 68.0 g/mol. The molecule has 36 valence electrons. The van der Waals surface area contributed by atoms with Gasteiger partial charge in [-0.2, -0.15) is 0 Å². The molecule has 0 amide bonds. The number of hydrogen-bond donors (Lipinski definition) is 2. The zero-order chi connectivity index (χ0) is 2.00. The zero-order valence-electron chi connectivity index (χ0n) is 3.33. The summed E-state index contributed by atoms with van der Waals surface area (Å²) in [4.78, 5) is 0.